The molecule has 0 unspecified atom stereocenters. The average Bonchev–Trinajstić information content (AvgIpc) is 3.04. The lowest BCUT2D eigenvalue weighted by Crippen LogP contribution is -2.45. The number of urea groups is 1. The number of halogens is 1. The molecule has 1 aliphatic heterocycles. The van der Waals surface area contributed by atoms with E-state index >= 15 is 0 Å². The molecule has 2 amide bonds. The highest BCUT2D eigenvalue weighted by atomic mass is 32.1. The van der Waals surface area contributed by atoms with Gasteiger partial charge in [0.25, 0.3) is 0 Å². The van der Waals surface area contributed by atoms with Gasteiger partial charge >= 0.3 is 6.03 Å². The van der Waals surface area contributed by atoms with Gasteiger partial charge in [0, 0.05) is 49.8 Å². The van der Waals surface area contributed by atoms with Gasteiger partial charge in [-0.1, -0.05) is 12.1 Å². The second kappa shape index (κ2) is 7.53. The van der Waals surface area contributed by atoms with E-state index in [4.69, 9.17) is 0 Å². The SMILES string of the molecule is O=C1CCN(C(=O)NCCc2nc(-c3cccc(F)c3)cs2)CC1. The summed E-state index contributed by atoms with van der Waals surface area (Å²) in [5.41, 5.74) is 1.50. The first-order chi connectivity index (χ1) is 11.6. The van der Waals surface area contributed by atoms with Crippen LogP contribution in [0.1, 0.15) is 17.8 Å². The van der Waals surface area contributed by atoms with E-state index in [2.05, 4.69) is 10.3 Å². The number of hydrogen-bond acceptors (Lipinski definition) is 4. The highest BCUT2D eigenvalue weighted by Gasteiger charge is 2.20. The molecule has 5 nitrogen and oxygen atoms in total. The molecule has 0 bridgehead atoms. The lowest BCUT2D eigenvalue weighted by Gasteiger charge is -2.26. The molecule has 1 aromatic carbocycles. The van der Waals surface area contributed by atoms with Gasteiger partial charge in [-0.05, 0) is 12.1 Å². The van der Waals surface area contributed by atoms with E-state index < -0.39 is 0 Å². The van der Waals surface area contributed by atoms with Gasteiger partial charge < -0.3 is 10.2 Å². The highest BCUT2D eigenvalue weighted by molar-refractivity contribution is 7.09. The van der Waals surface area contributed by atoms with E-state index in [0.717, 1.165) is 16.3 Å². The molecule has 7 heteroatoms. The smallest absolute Gasteiger partial charge is 0.317 e. The molecule has 1 N–H and O–H groups in total. The molecule has 2 aromatic rings. The number of benzene rings is 1. The number of rotatable bonds is 4. The van der Waals surface area contributed by atoms with E-state index in [1.54, 1.807) is 11.0 Å². The zero-order valence-electron chi connectivity index (χ0n) is 13.1. The number of nitrogens with one attached hydrogen (secondary N) is 1. The summed E-state index contributed by atoms with van der Waals surface area (Å²) in [7, 11) is 0. The van der Waals surface area contributed by atoms with Crippen LogP contribution in [0.4, 0.5) is 9.18 Å². The summed E-state index contributed by atoms with van der Waals surface area (Å²) in [6.45, 7) is 1.47. The fourth-order valence-electron chi connectivity index (χ4n) is 2.55. The second-order valence-electron chi connectivity index (χ2n) is 5.64. The third-order valence-corrected chi connectivity index (χ3v) is 4.80. The van der Waals surface area contributed by atoms with Gasteiger partial charge in [0.1, 0.15) is 11.6 Å². The summed E-state index contributed by atoms with van der Waals surface area (Å²) in [5, 5.41) is 5.64. The van der Waals surface area contributed by atoms with Gasteiger partial charge in [-0.2, -0.15) is 0 Å². The first kappa shape index (κ1) is 16.6. The number of Topliss-reactive ketones (excluding diaryl/α,β-unsaturated/α-hetero) is 1. The fraction of sp³-hybridized carbons (Fsp3) is 0.353. The van der Waals surface area contributed by atoms with E-state index in [1.165, 1.54) is 23.5 Å². The molecule has 126 valence electrons. The molecular formula is C17H18FN3O2S. The third kappa shape index (κ3) is 4.17. The fourth-order valence-corrected chi connectivity index (χ4v) is 3.36. The number of amides is 2. The molecule has 0 radical (unpaired) electrons. The number of carbonyl (C=O) groups excluding carboxylic acids is 2. The van der Waals surface area contributed by atoms with Crippen molar-refractivity contribution < 1.29 is 14.0 Å². The van der Waals surface area contributed by atoms with Crippen molar-refractivity contribution in [1.82, 2.24) is 15.2 Å². The number of piperidine rings is 1. The van der Waals surface area contributed by atoms with Crippen LogP contribution in [0.5, 0.6) is 0 Å². The Balaban J connectivity index is 1.49. The van der Waals surface area contributed by atoms with E-state index in [-0.39, 0.29) is 17.6 Å². The lowest BCUT2D eigenvalue weighted by atomic mass is 10.1. The van der Waals surface area contributed by atoms with Crippen LogP contribution in [0.25, 0.3) is 11.3 Å². The first-order valence-corrected chi connectivity index (χ1v) is 8.74. The Labute approximate surface area is 143 Å². The van der Waals surface area contributed by atoms with Crippen molar-refractivity contribution in [2.24, 2.45) is 0 Å². The van der Waals surface area contributed by atoms with Crippen LogP contribution in [-0.4, -0.2) is 41.3 Å². The molecule has 0 saturated carbocycles. The molecule has 2 heterocycles. The Kier molecular flexibility index (Phi) is 5.20. The molecule has 0 spiro atoms. The minimum atomic E-state index is -0.283. The maximum atomic E-state index is 13.3. The number of ketones is 1. The summed E-state index contributed by atoms with van der Waals surface area (Å²) in [5.74, 6) is -0.0685. The molecule has 1 aromatic heterocycles. The van der Waals surface area contributed by atoms with E-state index in [0.29, 0.717) is 38.9 Å². The van der Waals surface area contributed by atoms with Crippen molar-refractivity contribution in [3.05, 3.63) is 40.5 Å². The van der Waals surface area contributed by atoms with Gasteiger partial charge in [0.2, 0.25) is 0 Å². The largest absolute Gasteiger partial charge is 0.338 e. The molecule has 3 rings (SSSR count). The Bertz CT molecular complexity index is 737. The van der Waals surface area contributed by atoms with Crippen molar-refractivity contribution >= 4 is 23.2 Å². The number of carbonyl (C=O) groups is 2. The van der Waals surface area contributed by atoms with Crippen molar-refractivity contribution in [3.8, 4) is 11.3 Å². The molecule has 1 aliphatic rings. The molecule has 0 aliphatic carbocycles. The number of nitrogens with zero attached hydrogens (tertiary/aromatic N) is 2. The average molecular weight is 347 g/mol. The maximum Gasteiger partial charge on any atom is 0.317 e. The number of likely N-dealkylation sites (tertiary alicyclic amines) is 1. The van der Waals surface area contributed by atoms with Crippen LogP contribution in [0.15, 0.2) is 29.6 Å². The molecule has 0 atom stereocenters. The Hall–Kier alpha value is -2.28. The standard InChI is InChI=1S/C17H18FN3O2S/c18-13-3-1-2-12(10-13)15-11-24-16(20-15)4-7-19-17(23)21-8-5-14(22)6-9-21/h1-3,10-11H,4-9H2,(H,19,23). The number of aromatic nitrogens is 1. The maximum absolute atomic E-state index is 13.3. The summed E-state index contributed by atoms with van der Waals surface area (Å²) >= 11 is 1.49. The minimum absolute atomic E-state index is 0.135. The highest BCUT2D eigenvalue weighted by Crippen LogP contribution is 2.22. The van der Waals surface area contributed by atoms with Crippen LogP contribution >= 0.6 is 11.3 Å². The predicted octanol–water partition coefficient (Wildman–Crippen LogP) is 2.87. The van der Waals surface area contributed by atoms with Gasteiger partial charge in [-0.15, -0.1) is 11.3 Å². The van der Waals surface area contributed by atoms with E-state index in [9.17, 15) is 14.0 Å². The zero-order chi connectivity index (χ0) is 16.9. The summed E-state index contributed by atoms with van der Waals surface area (Å²) in [6.07, 6.45) is 1.51. The molecule has 24 heavy (non-hydrogen) atoms. The normalized spacial score (nSPS) is 14.7. The lowest BCUT2D eigenvalue weighted by molar-refractivity contribution is -0.120. The van der Waals surface area contributed by atoms with Gasteiger partial charge in [-0.3, -0.25) is 4.79 Å². The number of thiazole rings is 1. The molecule has 1 fully saturated rings. The van der Waals surface area contributed by atoms with E-state index in [1.807, 2.05) is 11.4 Å². The quantitative estimate of drug-likeness (QED) is 0.925. The van der Waals surface area contributed by atoms with Crippen LogP contribution in [0.3, 0.4) is 0 Å². The van der Waals surface area contributed by atoms with Crippen molar-refractivity contribution in [1.29, 1.82) is 0 Å². The second-order valence-corrected chi connectivity index (χ2v) is 6.59. The predicted molar refractivity (Wildman–Crippen MR) is 90.4 cm³/mol. The Morgan fingerprint density at radius 3 is 2.88 bits per heavy atom. The van der Waals surface area contributed by atoms with Crippen LogP contribution in [0.2, 0.25) is 0 Å². The Morgan fingerprint density at radius 2 is 2.12 bits per heavy atom. The van der Waals surface area contributed by atoms with Gasteiger partial charge in [0.15, 0.2) is 0 Å². The van der Waals surface area contributed by atoms with Gasteiger partial charge in [-0.25, -0.2) is 14.2 Å². The van der Waals surface area contributed by atoms with Crippen LogP contribution in [0, 0.1) is 5.82 Å². The van der Waals surface area contributed by atoms with Crippen LogP contribution < -0.4 is 5.32 Å². The monoisotopic (exact) mass is 347 g/mol. The first-order valence-electron chi connectivity index (χ1n) is 7.86. The minimum Gasteiger partial charge on any atom is -0.338 e. The summed E-state index contributed by atoms with van der Waals surface area (Å²) in [6, 6.07) is 6.21. The van der Waals surface area contributed by atoms with Crippen molar-refractivity contribution in [2.45, 2.75) is 19.3 Å². The van der Waals surface area contributed by atoms with Crippen molar-refractivity contribution in [3.63, 3.8) is 0 Å². The Morgan fingerprint density at radius 1 is 1.33 bits per heavy atom. The summed E-state index contributed by atoms with van der Waals surface area (Å²) < 4.78 is 13.3. The number of hydrogen-bond donors (Lipinski definition) is 1. The molecular weight excluding hydrogens is 329 g/mol. The van der Waals surface area contributed by atoms with Crippen LogP contribution in [-0.2, 0) is 11.2 Å². The zero-order valence-corrected chi connectivity index (χ0v) is 13.9. The molecule has 1 saturated heterocycles. The van der Waals surface area contributed by atoms with Crippen molar-refractivity contribution in [2.75, 3.05) is 19.6 Å². The summed E-state index contributed by atoms with van der Waals surface area (Å²) in [4.78, 5) is 29.3. The topological polar surface area (TPSA) is 62.3 Å². The third-order valence-electron chi connectivity index (χ3n) is 3.90. The van der Waals surface area contributed by atoms with Gasteiger partial charge in [0.05, 0.1) is 10.7 Å².